The number of pyridine rings is 2. The number of rotatable bonds is 5. The van der Waals surface area contributed by atoms with Crippen LogP contribution in [-0.2, 0) is 30.7 Å². The van der Waals surface area contributed by atoms with Crippen LogP contribution in [0.15, 0.2) is 58.4 Å². The van der Waals surface area contributed by atoms with E-state index in [4.69, 9.17) is 4.74 Å². The molecule has 0 aliphatic carbocycles. The predicted octanol–water partition coefficient (Wildman–Crippen LogP) is -0.782. The lowest BCUT2D eigenvalue weighted by atomic mass is 10.1. The zero-order valence-electron chi connectivity index (χ0n) is 17.6. The molecule has 32 heavy (non-hydrogen) atoms. The Labute approximate surface area is 183 Å². The Morgan fingerprint density at radius 3 is 2.75 bits per heavy atom. The molecule has 3 aromatic heterocycles. The van der Waals surface area contributed by atoms with Gasteiger partial charge in [-0.15, -0.1) is 0 Å². The molecule has 9 nitrogen and oxygen atoms in total. The molecule has 0 spiro atoms. The van der Waals surface area contributed by atoms with Gasteiger partial charge in [0.15, 0.2) is 11.9 Å². The summed E-state index contributed by atoms with van der Waals surface area (Å²) in [6.45, 7) is 1.39. The Bertz CT molecular complexity index is 1270. The Hall–Kier alpha value is -3.14. The second-order valence-corrected chi connectivity index (χ2v) is 8.27. The highest BCUT2D eigenvalue weighted by atomic mass is 16.5. The van der Waals surface area contributed by atoms with Crippen LogP contribution in [0.4, 0.5) is 0 Å². The molecule has 2 unspecified atom stereocenters. The molecular formula is C23H26N4O5+2. The summed E-state index contributed by atoms with van der Waals surface area (Å²) in [5, 5.41) is 19.3. The number of hydrogen-bond acceptors (Lipinski definition) is 5. The van der Waals surface area contributed by atoms with Gasteiger partial charge in [-0.1, -0.05) is 0 Å². The molecule has 3 aromatic rings. The molecule has 2 aliphatic rings. The summed E-state index contributed by atoms with van der Waals surface area (Å²) in [6, 6.07) is 12.3. The van der Waals surface area contributed by atoms with Gasteiger partial charge >= 0.3 is 5.69 Å². The molecule has 9 heteroatoms. The molecule has 1 fully saturated rings. The molecule has 1 saturated heterocycles. The number of fused-ring (bicyclic) bond motifs is 3. The Morgan fingerprint density at radius 2 is 1.94 bits per heavy atom. The molecule has 0 aromatic carbocycles. The van der Waals surface area contributed by atoms with E-state index in [0.717, 1.165) is 30.2 Å². The number of aryl methyl sites for hydroxylation is 3. The highest BCUT2D eigenvalue weighted by Gasteiger charge is 2.35. The van der Waals surface area contributed by atoms with Gasteiger partial charge in [0.25, 0.3) is 16.9 Å². The van der Waals surface area contributed by atoms with Crippen LogP contribution in [0, 0.1) is 0 Å². The summed E-state index contributed by atoms with van der Waals surface area (Å²) in [4.78, 5) is 27.2. The monoisotopic (exact) mass is 438 g/mol. The van der Waals surface area contributed by atoms with Crippen molar-refractivity contribution in [1.29, 1.82) is 0 Å². The number of nitrogens with zero attached hydrogens (tertiary/aromatic N) is 3. The van der Waals surface area contributed by atoms with E-state index in [1.165, 1.54) is 10.8 Å². The normalized spacial score (nSPS) is 21.9. The minimum absolute atomic E-state index is 0.176. The average molecular weight is 438 g/mol. The lowest BCUT2D eigenvalue weighted by Gasteiger charge is -2.15. The molecule has 166 valence electrons. The number of aromatic amines is 1. The van der Waals surface area contributed by atoms with Crippen LogP contribution in [0.2, 0.25) is 0 Å². The number of aromatic nitrogens is 4. The molecule has 0 amide bonds. The standard InChI is InChI=1S/C23H25N4O5/c28-14-20-19(29)12-21(32-20)27-13-15(22(30)24-23(27)31)7-8-16-4-3-6-18-17-5-1-2-9-25(17)10-11-26(16)18/h1-6,9,13,19-21,28-29H,7-8,10-12,14H2/q+1/p+1/t19?,20-,21?/m1/s1. The van der Waals surface area contributed by atoms with E-state index in [0.29, 0.717) is 18.4 Å². The van der Waals surface area contributed by atoms with E-state index < -0.39 is 29.7 Å². The SMILES string of the molecule is O=c1[nH]c(=O)n(C2CC(O)[C@@H](CO)O2)cc1CCc1cccc2[n+]1CC[n+]1ccccc1-2. The first-order valence-electron chi connectivity index (χ1n) is 10.8. The van der Waals surface area contributed by atoms with Crippen LogP contribution in [0.3, 0.4) is 0 Å². The molecule has 5 rings (SSSR count). The quantitative estimate of drug-likeness (QED) is 0.453. The predicted molar refractivity (Wildman–Crippen MR) is 113 cm³/mol. The van der Waals surface area contributed by atoms with Crippen LogP contribution in [0.5, 0.6) is 0 Å². The number of ether oxygens (including phenoxy) is 1. The minimum atomic E-state index is -0.861. The summed E-state index contributed by atoms with van der Waals surface area (Å²) >= 11 is 0. The molecule has 0 radical (unpaired) electrons. The van der Waals surface area contributed by atoms with Crippen molar-refractivity contribution in [2.75, 3.05) is 6.61 Å². The zero-order valence-corrected chi connectivity index (χ0v) is 17.6. The van der Waals surface area contributed by atoms with Crippen molar-refractivity contribution in [2.45, 2.75) is 50.8 Å². The zero-order chi connectivity index (χ0) is 22.2. The molecule has 3 atom stereocenters. The van der Waals surface area contributed by atoms with Gasteiger partial charge in [-0.05, 0) is 18.6 Å². The number of H-pyrrole nitrogens is 1. The summed E-state index contributed by atoms with van der Waals surface area (Å²) in [5.41, 5.74) is 2.87. The van der Waals surface area contributed by atoms with Crippen molar-refractivity contribution >= 4 is 0 Å². The fourth-order valence-corrected chi connectivity index (χ4v) is 4.63. The Balaban J connectivity index is 1.41. The van der Waals surface area contributed by atoms with Crippen LogP contribution in [0.1, 0.15) is 23.9 Å². The maximum atomic E-state index is 12.5. The van der Waals surface area contributed by atoms with Gasteiger partial charge < -0.3 is 14.9 Å². The van der Waals surface area contributed by atoms with E-state index in [2.05, 4.69) is 38.5 Å². The van der Waals surface area contributed by atoms with E-state index in [-0.39, 0.29) is 13.0 Å². The van der Waals surface area contributed by atoms with Crippen molar-refractivity contribution in [1.82, 2.24) is 9.55 Å². The van der Waals surface area contributed by atoms with Gasteiger partial charge in [-0.2, -0.15) is 9.13 Å². The van der Waals surface area contributed by atoms with Crippen LogP contribution >= 0.6 is 0 Å². The fraction of sp³-hybridized carbons (Fsp3) is 0.391. The third kappa shape index (κ3) is 3.68. The fourth-order valence-electron chi connectivity index (χ4n) is 4.63. The highest BCUT2D eigenvalue weighted by Crippen LogP contribution is 2.27. The largest absolute Gasteiger partial charge is 0.394 e. The van der Waals surface area contributed by atoms with Crippen LogP contribution < -0.4 is 20.4 Å². The summed E-state index contributed by atoms with van der Waals surface area (Å²) in [7, 11) is 0. The maximum Gasteiger partial charge on any atom is 0.330 e. The van der Waals surface area contributed by atoms with Crippen LogP contribution in [0.25, 0.3) is 11.4 Å². The second kappa shape index (κ2) is 8.42. The maximum absolute atomic E-state index is 12.5. The molecule has 0 bridgehead atoms. The number of hydrogen-bond donors (Lipinski definition) is 3. The van der Waals surface area contributed by atoms with Gasteiger partial charge in [0.2, 0.25) is 13.1 Å². The summed E-state index contributed by atoms with van der Waals surface area (Å²) in [6.07, 6.45) is 2.53. The van der Waals surface area contributed by atoms with Crippen molar-refractivity contribution < 1.29 is 24.1 Å². The van der Waals surface area contributed by atoms with Crippen molar-refractivity contribution in [3.8, 4) is 11.4 Å². The smallest absolute Gasteiger partial charge is 0.330 e. The Kier molecular flexibility index (Phi) is 5.46. The van der Waals surface area contributed by atoms with Crippen LogP contribution in [-0.4, -0.2) is 38.6 Å². The lowest BCUT2D eigenvalue weighted by molar-refractivity contribution is -0.798. The lowest BCUT2D eigenvalue weighted by Crippen LogP contribution is -2.55. The first kappa shape index (κ1) is 20.7. The molecule has 5 heterocycles. The van der Waals surface area contributed by atoms with Gasteiger partial charge in [-0.3, -0.25) is 14.3 Å². The van der Waals surface area contributed by atoms with Crippen molar-refractivity contribution in [3.63, 3.8) is 0 Å². The molecule has 0 saturated carbocycles. The second-order valence-electron chi connectivity index (χ2n) is 8.27. The summed E-state index contributed by atoms with van der Waals surface area (Å²) in [5.74, 6) is 0. The van der Waals surface area contributed by atoms with Gasteiger partial charge in [0.1, 0.15) is 12.3 Å². The van der Waals surface area contributed by atoms with E-state index in [1.54, 1.807) is 0 Å². The summed E-state index contributed by atoms with van der Waals surface area (Å²) < 4.78 is 11.4. The Morgan fingerprint density at radius 1 is 1.09 bits per heavy atom. The number of nitrogens with one attached hydrogen (secondary N) is 1. The first-order valence-corrected chi connectivity index (χ1v) is 10.8. The molecule has 2 aliphatic heterocycles. The average Bonchev–Trinajstić information content (AvgIpc) is 3.18. The molecular weight excluding hydrogens is 412 g/mol. The van der Waals surface area contributed by atoms with E-state index in [9.17, 15) is 19.8 Å². The van der Waals surface area contributed by atoms with E-state index in [1.807, 2.05) is 18.2 Å². The van der Waals surface area contributed by atoms with Crippen molar-refractivity contribution in [3.05, 3.63) is 80.9 Å². The minimum Gasteiger partial charge on any atom is -0.394 e. The first-order chi connectivity index (χ1) is 15.5. The van der Waals surface area contributed by atoms with Gasteiger partial charge in [-0.25, -0.2) is 4.79 Å². The number of aliphatic hydroxyl groups excluding tert-OH is 2. The van der Waals surface area contributed by atoms with E-state index >= 15 is 0 Å². The molecule has 3 N–H and O–H groups in total. The number of aliphatic hydroxyl groups is 2. The third-order valence-electron chi connectivity index (χ3n) is 6.33. The third-order valence-corrected chi connectivity index (χ3v) is 6.33. The van der Waals surface area contributed by atoms with Gasteiger partial charge in [0.05, 0.1) is 12.7 Å². The van der Waals surface area contributed by atoms with Crippen molar-refractivity contribution in [2.24, 2.45) is 0 Å². The highest BCUT2D eigenvalue weighted by molar-refractivity contribution is 5.46. The topological polar surface area (TPSA) is 112 Å². The van der Waals surface area contributed by atoms with Gasteiger partial charge in [0, 0.05) is 48.9 Å².